The fourth-order valence-electron chi connectivity index (χ4n) is 4.58. The van der Waals surface area contributed by atoms with Crippen LogP contribution in [0.15, 0.2) is 48.7 Å². The van der Waals surface area contributed by atoms with Crippen molar-refractivity contribution >= 4 is 39.8 Å². The van der Waals surface area contributed by atoms with Gasteiger partial charge in [0.15, 0.2) is 0 Å². The van der Waals surface area contributed by atoms with Crippen LogP contribution in [-0.4, -0.2) is 75.4 Å². The predicted octanol–water partition coefficient (Wildman–Crippen LogP) is 3.70. The Morgan fingerprint density at radius 2 is 1.76 bits per heavy atom. The van der Waals surface area contributed by atoms with Gasteiger partial charge in [-0.25, -0.2) is 0 Å². The third kappa shape index (κ3) is 4.43. The number of anilines is 2. The Labute approximate surface area is 198 Å². The highest BCUT2D eigenvalue weighted by molar-refractivity contribution is 6.31. The van der Waals surface area contributed by atoms with Gasteiger partial charge in [-0.3, -0.25) is 9.78 Å². The Morgan fingerprint density at radius 3 is 2.52 bits per heavy atom. The van der Waals surface area contributed by atoms with E-state index in [2.05, 4.69) is 26.9 Å². The van der Waals surface area contributed by atoms with Crippen LogP contribution in [0.4, 0.5) is 11.4 Å². The number of aromatic nitrogens is 1. The molecule has 0 spiro atoms. The summed E-state index contributed by atoms with van der Waals surface area (Å²) in [6.45, 7) is 5.55. The predicted molar refractivity (Wildman–Crippen MR) is 131 cm³/mol. The number of fused-ring (bicyclic) bond motifs is 1. The van der Waals surface area contributed by atoms with E-state index in [1.165, 1.54) is 0 Å². The Morgan fingerprint density at radius 1 is 1.00 bits per heavy atom. The largest absolute Gasteiger partial charge is 0.497 e. The monoisotopic (exact) mass is 466 g/mol. The van der Waals surface area contributed by atoms with Crippen LogP contribution in [-0.2, 0) is 4.74 Å². The summed E-state index contributed by atoms with van der Waals surface area (Å²) in [5.74, 6) is 0.848. The van der Waals surface area contributed by atoms with Gasteiger partial charge in [-0.05, 0) is 30.3 Å². The summed E-state index contributed by atoms with van der Waals surface area (Å²) in [5, 5.41) is 1.55. The lowest BCUT2D eigenvalue weighted by Crippen LogP contribution is -2.47. The molecule has 7 nitrogen and oxygen atoms in total. The second-order valence-electron chi connectivity index (χ2n) is 8.26. The summed E-state index contributed by atoms with van der Waals surface area (Å²) in [5.41, 5.74) is 3.52. The molecule has 2 aliphatic rings. The fraction of sp³-hybridized carbons (Fsp3) is 0.360. The number of hydrogen-bond donors (Lipinski definition) is 0. The highest BCUT2D eigenvalue weighted by Crippen LogP contribution is 2.34. The van der Waals surface area contributed by atoms with Crippen LogP contribution >= 0.6 is 11.6 Å². The van der Waals surface area contributed by atoms with E-state index in [1.807, 2.05) is 35.2 Å². The first-order valence-corrected chi connectivity index (χ1v) is 11.6. The number of rotatable bonds is 4. The van der Waals surface area contributed by atoms with E-state index in [1.54, 1.807) is 13.3 Å². The number of halogens is 1. The van der Waals surface area contributed by atoms with Gasteiger partial charge in [-0.15, -0.1) is 0 Å². The number of methoxy groups -OCH3 is 1. The van der Waals surface area contributed by atoms with Gasteiger partial charge in [-0.2, -0.15) is 0 Å². The number of piperazine rings is 1. The zero-order chi connectivity index (χ0) is 22.8. The average Bonchev–Trinajstić information content (AvgIpc) is 2.88. The van der Waals surface area contributed by atoms with Crippen LogP contribution in [0.1, 0.15) is 10.4 Å². The molecular formula is C25H27ClN4O3. The smallest absolute Gasteiger partial charge is 0.257 e. The first-order valence-electron chi connectivity index (χ1n) is 11.2. The second-order valence-corrected chi connectivity index (χ2v) is 8.70. The summed E-state index contributed by atoms with van der Waals surface area (Å²) in [7, 11) is 1.68. The van der Waals surface area contributed by atoms with Crippen LogP contribution in [0.3, 0.4) is 0 Å². The zero-order valence-electron chi connectivity index (χ0n) is 18.7. The summed E-state index contributed by atoms with van der Waals surface area (Å²) in [6.07, 6.45) is 1.72. The molecule has 2 aromatic carbocycles. The Hall–Kier alpha value is -3.03. The van der Waals surface area contributed by atoms with E-state index in [4.69, 9.17) is 21.1 Å². The second kappa shape index (κ2) is 9.45. The van der Waals surface area contributed by atoms with Gasteiger partial charge in [-0.1, -0.05) is 17.7 Å². The van der Waals surface area contributed by atoms with Crippen molar-refractivity contribution in [2.75, 3.05) is 69.4 Å². The topological polar surface area (TPSA) is 58.1 Å². The maximum Gasteiger partial charge on any atom is 0.257 e. The Bertz CT molecular complexity index is 1160. The van der Waals surface area contributed by atoms with Crippen molar-refractivity contribution in [1.29, 1.82) is 0 Å². The number of amides is 1. The highest BCUT2D eigenvalue weighted by Gasteiger charge is 2.28. The third-order valence-electron chi connectivity index (χ3n) is 6.34. The van der Waals surface area contributed by atoms with Gasteiger partial charge in [0.2, 0.25) is 0 Å². The van der Waals surface area contributed by atoms with Crippen molar-refractivity contribution in [3.05, 3.63) is 59.2 Å². The number of hydrogen-bond acceptors (Lipinski definition) is 6. The lowest BCUT2D eigenvalue weighted by molar-refractivity contribution is 0.0303. The molecule has 0 N–H and O–H groups in total. The van der Waals surface area contributed by atoms with Crippen molar-refractivity contribution in [2.45, 2.75) is 0 Å². The van der Waals surface area contributed by atoms with E-state index in [9.17, 15) is 4.79 Å². The molecule has 0 saturated carbocycles. The van der Waals surface area contributed by atoms with E-state index in [-0.39, 0.29) is 5.91 Å². The third-order valence-corrected chi connectivity index (χ3v) is 6.58. The van der Waals surface area contributed by atoms with Gasteiger partial charge in [0.25, 0.3) is 5.91 Å². The molecule has 0 aliphatic carbocycles. The number of morpholine rings is 1. The van der Waals surface area contributed by atoms with Crippen molar-refractivity contribution in [3.8, 4) is 5.75 Å². The molecule has 3 heterocycles. The zero-order valence-corrected chi connectivity index (χ0v) is 19.4. The molecular weight excluding hydrogens is 440 g/mol. The van der Waals surface area contributed by atoms with Crippen molar-refractivity contribution in [2.24, 2.45) is 0 Å². The lowest BCUT2D eigenvalue weighted by atomic mass is 10.1. The van der Waals surface area contributed by atoms with E-state index in [0.717, 1.165) is 54.2 Å². The molecule has 1 amide bonds. The van der Waals surface area contributed by atoms with E-state index in [0.29, 0.717) is 36.9 Å². The Kier molecular flexibility index (Phi) is 6.24. The minimum atomic E-state index is -0.00194. The van der Waals surface area contributed by atoms with Crippen molar-refractivity contribution in [1.82, 2.24) is 9.88 Å². The number of carbonyl (C=O) groups is 1. The lowest BCUT2D eigenvalue weighted by Gasteiger charge is -2.39. The number of benzene rings is 2. The molecule has 5 rings (SSSR count). The minimum absolute atomic E-state index is 0.00194. The molecule has 1 aromatic heterocycles. The van der Waals surface area contributed by atoms with Gasteiger partial charge >= 0.3 is 0 Å². The molecule has 2 aliphatic heterocycles. The number of nitrogens with zero attached hydrogens (tertiary/aromatic N) is 4. The summed E-state index contributed by atoms with van der Waals surface area (Å²) in [6, 6.07) is 13.8. The summed E-state index contributed by atoms with van der Waals surface area (Å²) in [4.78, 5) is 24.6. The molecule has 0 bridgehead atoms. The van der Waals surface area contributed by atoms with Crippen LogP contribution < -0.4 is 14.5 Å². The quantitative estimate of drug-likeness (QED) is 0.584. The summed E-state index contributed by atoms with van der Waals surface area (Å²) >= 11 is 6.36. The number of ether oxygens (including phenoxy) is 2. The minimum Gasteiger partial charge on any atom is -0.497 e. The molecule has 8 heteroatoms. The van der Waals surface area contributed by atoms with Crippen molar-refractivity contribution in [3.63, 3.8) is 0 Å². The molecule has 172 valence electrons. The first-order chi connectivity index (χ1) is 16.1. The van der Waals surface area contributed by atoms with Gasteiger partial charge in [0.1, 0.15) is 5.75 Å². The molecule has 0 atom stereocenters. The van der Waals surface area contributed by atoms with Crippen LogP contribution in [0.25, 0.3) is 10.9 Å². The van der Waals surface area contributed by atoms with Crippen LogP contribution in [0.5, 0.6) is 5.75 Å². The summed E-state index contributed by atoms with van der Waals surface area (Å²) < 4.78 is 10.8. The molecule has 2 fully saturated rings. The van der Waals surface area contributed by atoms with Gasteiger partial charge < -0.3 is 24.2 Å². The average molecular weight is 467 g/mol. The molecule has 0 unspecified atom stereocenters. The molecule has 3 aromatic rings. The van der Waals surface area contributed by atoms with Crippen LogP contribution in [0, 0.1) is 0 Å². The first kappa shape index (κ1) is 21.8. The molecule has 2 saturated heterocycles. The number of carbonyl (C=O) groups excluding carboxylic acids is 1. The van der Waals surface area contributed by atoms with Crippen molar-refractivity contribution < 1.29 is 14.3 Å². The maximum atomic E-state index is 13.5. The van der Waals surface area contributed by atoms with Gasteiger partial charge in [0, 0.05) is 67.6 Å². The fourth-order valence-corrected chi connectivity index (χ4v) is 4.75. The van der Waals surface area contributed by atoms with E-state index < -0.39 is 0 Å². The van der Waals surface area contributed by atoms with Gasteiger partial charge in [0.05, 0.1) is 37.1 Å². The normalized spacial score (nSPS) is 16.8. The standard InChI is InChI=1S/C25H27ClN4O3/c1-32-20-4-2-3-19(16-20)28-7-9-29(10-8-28)24-21-15-18(26)5-6-23(21)27-17-22(24)25(31)30-11-13-33-14-12-30/h2-6,15-17H,7-14H2,1H3. The molecule has 33 heavy (non-hydrogen) atoms. The number of pyridine rings is 1. The Balaban J connectivity index is 1.47. The maximum absolute atomic E-state index is 13.5. The van der Waals surface area contributed by atoms with Crippen LogP contribution in [0.2, 0.25) is 5.02 Å². The highest BCUT2D eigenvalue weighted by atomic mass is 35.5. The SMILES string of the molecule is COc1cccc(N2CCN(c3c(C(=O)N4CCOCC4)cnc4ccc(Cl)cc34)CC2)c1. The van der Waals surface area contributed by atoms with E-state index >= 15 is 0 Å². The molecule has 0 radical (unpaired) electrons.